The molecule has 18 heteroatoms. The van der Waals surface area contributed by atoms with Crippen LogP contribution >= 0.6 is 7.60 Å². The minimum absolute atomic E-state index is 0.681. The number of hydrogen-bond donors (Lipinski definition) is 2. The topological polar surface area (TPSA) is 232 Å². The number of ether oxygens (including phenoxy) is 5. The lowest BCUT2D eigenvalue weighted by atomic mass is 9.99. The molecule has 47 heavy (non-hydrogen) atoms. The van der Waals surface area contributed by atoms with E-state index in [-0.39, 0.29) is 0 Å². The average Bonchev–Trinajstić information content (AvgIpc) is 2.88. The number of carbonyl (C=O) groups excluding carboxylic acids is 4. The van der Waals surface area contributed by atoms with Crippen LogP contribution in [0.25, 0.3) is 0 Å². The molecule has 262 valence electrons. The van der Waals surface area contributed by atoms with Gasteiger partial charge in [-0.25, -0.2) is 8.42 Å². The van der Waals surface area contributed by atoms with E-state index < -0.39 is 83.3 Å². The third kappa shape index (κ3) is 16.1. The molecule has 5 atom stereocenters. The molecule has 1 saturated heterocycles. The zero-order chi connectivity index (χ0) is 36.1. The fourth-order valence-corrected chi connectivity index (χ4v) is 7.54. The van der Waals surface area contributed by atoms with Gasteiger partial charge in [0.05, 0.1) is 0 Å². The van der Waals surface area contributed by atoms with Crippen LogP contribution in [0, 0.1) is 27.7 Å². The molecule has 0 bridgehead atoms. The van der Waals surface area contributed by atoms with Gasteiger partial charge in [0.2, 0.25) is 5.44 Å². The van der Waals surface area contributed by atoms with E-state index in [0.717, 1.165) is 50.5 Å². The largest absolute Gasteiger partial charge is 0.463 e. The van der Waals surface area contributed by atoms with Crippen LogP contribution in [-0.4, -0.2) is 94.0 Å². The van der Waals surface area contributed by atoms with Crippen molar-refractivity contribution in [3.05, 3.63) is 59.2 Å². The maximum atomic E-state index is 12.7. The number of esters is 4. The van der Waals surface area contributed by atoms with Crippen LogP contribution in [0.15, 0.2) is 36.4 Å². The van der Waals surface area contributed by atoms with Gasteiger partial charge in [-0.15, -0.1) is 0 Å². The first kappa shape index (κ1) is 41.3. The molecule has 1 aliphatic heterocycles. The summed E-state index contributed by atoms with van der Waals surface area (Å²) in [6.45, 7) is 11.1. The summed E-state index contributed by atoms with van der Waals surface area (Å²) in [6, 6.07) is 12.0. The number of rotatable bonds is 8. The van der Waals surface area contributed by atoms with Crippen molar-refractivity contribution >= 4 is 41.3 Å². The van der Waals surface area contributed by atoms with Gasteiger partial charge in [0.15, 0.2) is 33.6 Å². The normalized spacial score (nSPS) is 20.6. The summed E-state index contributed by atoms with van der Waals surface area (Å²) in [5.41, 5.74) is 0.416. The Bertz CT molecular complexity index is 1470. The molecular formula is C29H41N2O14PS. The maximum Gasteiger partial charge on any atom is 0.340 e. The van der Waals surface area contributed by atoms with Crippen LogP contribution in [-0.2, 0) is 57.3 Å². The first-order chi connectivity index (χ1) is 21.6. The summed E-state index contributed by atoms with van der Waals surface area (Å²) in [4.78, 5) is 72.6. The van der Waals surface area contributed by atoms with Gasteiger partial charge in [-0.2, -0.15) is 0 Å². The molecule has 3 heterocycles. The third-order valence-electron chi connectivity index (χ3n) is 5.71. The first-order valence-corrected chi connectivity index (χ1v) is 17.5. The van der Waals surface area contributed by atoms with Crippen molar-refractivity contribution < 1.29 is 65.6 Å². The van der Waals surface area contributed by atoms with Gasteiger partial charge < -0.3 is 33.5 Å². The molecule has 0 amide bonds. The number of aromatic nitrogens is 2. The molecular weight excluding hydrogens is 663 g/mol. The van der Waals surface area contributed by atoms with Crippen molar-refractivity contribution in [2.75, 3.05) is 12.1 Å². The lowest BCUT2D eigenvalue weighted by Crippen LogP contribution is -2.64. The first-order valence-electron chi connectivity index (χ1n) is 14.0. The number of nitrogens with zero attached hydrogens (tertiary/aromatic N) is 2. The van der Waals surface area contributed by atoms with E-state index in [1.54, 1.807) is 0 Å². The van der Waals surface area contributed by atoms with Crippen molar-refractivity contribution in [1.29, 1.82) is 0 Å². The Labute approximate surface area is 273 Å². The van der Waals surface area contributed by atoms with Crippen LogP contribution < -0.4 is 0 Å². The van der Waals surface area contributed by atoms with Crippen molar-refractivity contribution in [3.8, 4) is 0 Å². The summed E-state index contributed by atoms with van der Waals surface area (Å²) in [6.07, 6.45) is -6.88. The van der Waals surface area contributed by atoms with Crippen LogP contribution in [0.4, 0.5) is 0 Å². The highest BCUT2D eigenvalue weighted by Crippen LogP contribution is 2.40. The molecule has 0 saturated carbocycles. The van der Waals surface area contributed by atoms with E-state index in [1.807, 2.05) is 64.1 Å². The third-order valence-corrected chi connectivity index (χ3v) is 9.58. The maximum absolute atomic E-state index is 12.7. The van der Waals surface area contributed by atoms with Crippen LogP contribution in [0.3, 0.4) is 0 Å². The van der Waals surface area contributed by atoms with E-state index in [4.69, 9.17) is 33.5 Å². The molecule has 2 aromatic heterocycles. The van der Waals surface area contributed by atoms with Crippen LogP contribution in [0.5, 0.6) is 0 Å². The van der Waals surface area contributed by atoms with E-state index in [2.05, 4.69) is 9.97 Å². The lowest BCUT2D eigenvalue weighted by molar-refractivity contribution is -0.238. The molecule has 3 rings (SSSR count). The zero-order valence-electron chi connectivity index (χ0n) is 27.3. The van der Waals surface area contributed by atoms with Crippen LogP contribution in [0.2, 0.25) is 0 Å². The van der Waals surface area contributed by atoms with Gasteiger partial charge in [-0.05, 0) is 52.0 Å². The predicted octanol–water partition coefficient (Wildman–Crippen LogP) is 2.02. The van der Waals surface area contributed by atoms with Gasteiger partial charge in [-0.3, -0.25) is 33.7 Å². The Morgan fingerprint density at radius 1 is 0.723 bits per heavy atom. The number of sulfone groups is 1. The Hall–Kier alpha value is -3.76. The Morgan fingerprint density at radius 2 is 1.11 bits per heavy atom. The van der Waals surface area contributed by atoms with Crippen molar-refractivity contribution in [2.24, 2.45) is 0 Å². The van der Waals surface area contributed by atoms with Gasteiger partial charge in [-0.1, -0.05) is 12.1 Å². The molecule has 0 aromatic carbocycles. The summed E-state index contributed by atoms with van der Waals surface area (Å²) in [5, 5.41) is 0. The zero-order valence-corrected chi connectivity index (χ0v) is 29.0. The Morgan fingerprint density at radius 3 is 1.43 bits per heavy atom. The van der Waals surface area contributed by atoms with Crippen molar-refractivity contribution in [2.45, 2.75) is 85.2 Å². The molecule has 0 aliphatic carbocycles. The number of carbonyl (C=O) groups is 4. The minimum Gasteiger partial charge on any atom is -0.463 e. The van der Waals surface area contributed by atoms with E-state index in [9.17, 15) is 32.2 Å². The summed E-state index contributed by atoms with van der Waals surface area (Å²) in [7, 11) is -10.0. The fourth-order valence-electron chi connectivity index (χ4n) is 4.14. The van der Waals surface area contributed by atoms with E-state index >= 15 is 0 Å². The highest BCUT2D eigenvalue weighted by molar-refractivity contribution is 7.97. The summed E-state index contributed by atoms with van der Waals surface area (Å²) < 4.78 is 61.8. The smallest absolute Gasteiger partial charge is 0.340 e. The number of pyridine rings is 2. The second-order valence-electron chi connectivity index (χ2n) is 10.4. The standard InChI is InChI=1S/C15H23O14PS.2C7H9N/c1-7(16)25-5-11-12(26-8(2)17)13(27-9(3)18)14(28-10(4)19)15(29-11)31(23,24)6-30(20,21)22;2*1-6-4-3-5-7(2)8-6/h11-15H,5-6H2,1-4H3,(H2,20,21,22);2*3-5H,1-2H3/t11-,12-,13+,14-,15+;;/m1../s1. The van der Waals surface area contributed by atoms with Gasteiger partial charge >= 0.3 is 31.5 Å². The van der Waals surface area contributed by atoms with Crippen molar-refractivity contribution in [1.82, 2.24) is 9.97 Å². The predicted molar refractivity (Wildman–Crippen MR) is 165 cm³/mol. The Kier molecular flexibility index (Phi) is 16.3. The second kappa shape index (κ2) is 18.5. The second-order valence-corrected chi connectivity index (χ2v) is 14.5. The molecule has 0 spiro atoms. The van der Waals surface area contributed by atoms with Gasteiger partial charge in [0.25, 0.3) is 0 Å². The Balaban J connectivity index is 0.000000552. The monoisotopic (exact) mass is 704 g/mol. The summed E-state index contributed by atoms with van der Waals surface area (Å²) in [5.74, 6) is -3.77. The van der Waals surface area contributed by atoms with E-state index in [0.29, 0.717) is 0 Å². The molecule has 1 fully saturated rings. The van der Waals surface area contributed by atoms with Crippen LogP contribution in [0.1, 0.15) is 50.5 Å². The molecule has 16 nitrogen and oxygen atoms in total. The molecule has 0 radical (unpaired) electrons. The van der Waals surface area contributed by atoms with Gasteiger partial charge in [0.1, 0.15) is 12.7 Å². The molecule has 2 aromatic rings. The highest BCUT2D eigenvalue weighted by atomic mass is 32.2. The van der Waals surface area contributed by atoms with Gasteiger partial charge in [0, 0.05) is 50.5 Å². The molecule has 1 aliphatic rings. The number of hydrogen-bond acceptors (Lipinski definition) is 14. The molecule has 0 unspecified atom stereocenters. The molecule has 2 N–H and O–H groups in total. The quantitative estimate of drug-likeness (QED) is 0.227. The fraction of sp³-hybridized carbons (Fsp3) is 0.517. The van der Waals surface area contributed by atoms with Crippen molar-refractivity contribution in [3.63, 3.8) is 0 Å². The summed E-state index contributed by atoms with van der Waals surface area (Å²) >= 11 is 0. The highest BCUT2D eigenvalue weighted by Gasteiger charge is 2.56. The number of aryl methyl sites for hydroxylation is 4. The average molecular weight is 705 g/mol. The van der Waals surface area contributed by atoms with E-state index in [1.165, 1.54) is 0 Å². The minimum atomic E-state index is -5.14. The lowest BCUT2D eigenvalue weighted by Gasteiger charge is -2.43. The SMILES string of the molecule is CC(=O)OC[C@H]1O[C@@H](S(=O)(=O)CP(=O)(O)O)[C@H](OC(C)=O)[C@@H](OC(C)=O)[C@@H]1OC(C)=O.Cc1cccc(C)n1.Cc1cccc(C)n1.